The van der Waals surface area contributed by atoms with Crippen LogP contribution in [0.25, 0.3) is 11.3 Å². The summed E-state index contributed by atoms with van der Waals surface area (Å²) in [6, 6.07) is 3.21. The molecule has 0 aliphatic carbocycles. The van der Waals surface area contributed by atoms with Gasteiger partial charge in [0.25, 0.3) is 5.56 Å². The summed E-state index contributed by atoms with van der Waals surface area (Å²) in [5.74, 6) is -0.235. The first-order valence-electron chi connectivity index (χ1n) is 5.65. The van der Waals surface area contributed by atoms with Gasteiger partial charge in [-0.15, -0.1) is 0 Å². The number of H-pyrrole nitrogens is 1. The average molecular weight is 264 g/mol. The third-order valence-electron chi connectivity index (χ3n) is 2.40. The molecule has 0 bridgehead atoms. The Morgan fingerprint density at radius 3 is 2.89 bits per heavy atom. The zero-order valence-electron chi connectivity index (χ0n) is 10.2. The molecule has 0 saturated heterocycles. The molecule has 0 radical (unpaired) electrons. The molecule has 0 fully saturated rings. The van der Waals surface area contributed by atoms with Crippen LogP contribution in [0.3, 0.4) is 0 Å². The Hall–Kier alpha value is -2.57. The van der Waals surface area contributed by atoms with Crippen LogP contribution < -0.4 is 11.2 Å². The maximum Gasteiger partial charge on any atom is 0.328 e. The Labute approximate surface area is 107 Å². The predicted molar refractivity (Wildman–Crippen MR) is 65.7 cm³/mol. The standard InChI is InChI=1S/C12H12N2O5/c1-2-18-10(15)7-14-6-8(9-4-3-5-19-9)11(16)13-12(14)17/h3-6H,2,7H2,1H3,(H,13,16,17). The first-order chi connectivity index (χ1) is 9.11. The zero-order chi connectivity index (χ0) is 13.8. The Bertz CT molecular complexity index is 681. The lowest BCUT2D eigenvalue weighted by Gasteiger charge is -2.06. The second kappa shape index (κ2) is 5.38. The number of carbonyl (C=O) groups is 1. The van der Waals surface area contributed by atoms with E-state index < -0.39 is 17.2 Å². The van der Waals surface area contributed by atoms with E-state index in [-0.39, 0.29) is 18.7 Å². The summed E-state index contributed by atoms with van der Waals surface area (Å²) in [5.41, 5.74) is -1.07. The van der Waals surface area contributed by atoms with Crippen molar-refractivity contribution >= 4 is 5.97 Å². The van der Waals surface area contributed by atoms with E-state index in [4.69, 9.17) is 9.15 Å². The Kier molecular flexibility index (Phi) is 3.65. The number of nitrogens with one attached hydrogen (secondary N) is 1. The number of furan rings is 1. The van der Waals surface area contributed by atoms with Crippen molar-refractivity contribution in [2.24, 2.45) is 0 Å². The second-order valence-electron chi connectivity index (χ2n) is 3.71. The molecule has 100 valence electrons. The summed E-state index contributed by atoms with van der Waals surface area (Å²) in [6.07, 6.45) is 2.69. The number of carbonyl (C=O) groups excluding carboxylic acids is 1. The highest BCUT2D eigenvalue weighted by molar-refractivity contribution is 5.69. The lowest BCUT2D eigenvalue weighted by molar-refractivity contribution is -0.143. The minimum absolute atomic E-state index is 0.175. The fourth-order valence-electron chi connectivity index (χ4n) is 1.58. The number of esters is 1. The fourth-order valence-corrected chi connectivity index (χ4v) is 1.58. The topological polar surface area (TPSA) is 94.3 Å². The number of aromatic amines is 1. The van der Waals surface area contributed by atoms with Gasteiger partial charge in [0, 0.05) is 6.20 Å². The lowest BCUT2D eigenvalue weighted by atomic mass is 10.2. The summed E-state index contributed by atoms with van der Waals surface area (Å²) in [5, 5.41) is 0. The van der Waals surface area contributed by atoms with Gasteiger partial charge in [0.2, 0.25) is 0 Å². The molecule has 1 N–H and O–H groups in total. The molecule has 2 aromatic rings. The predicted octanol–water partition coefficient (Wildman–Crippen LogP) is 0.360. The van der Waals surface area contributed by atoms with Crippen LogP contribution in [0.15, 0.2) is 38.6 Å². The molecule has 0 saturated carbocycles. The van der Waals surface area contributed by atoms with Crippen LogP contribution in [0.5, 0.6) is 0 Å². The maximum absolute atomic E-state index is 11.7. The van der Waals surface area contributed by atoms with Gasteiger partial charge in [-0.1, -0.05) is 0 Å². The molecule has 2 rings (SSSR count). The fraction of sp³-hybridized carbons (Fsp3) is 0.250. The molecular weight excluding hydrogens is 252 g/mol. The van der Waals surface area contributed by atoms with E-state index in [0.29, 0.717) is 5.76 Å². The quantitative estimate of drug-likeness (QED) is 0.804. The molecule has 0 aromatic carbocycles. The summed E-state index contributed by atoms with van der Waals surface area (Å²) in [4.78, 5) is 36.7. The molecule has 0 spiro atoms. The van der Waals surface area contributed by atoms with Crippen LogP contribution in [-0.2, 0) is 16.1 Å². The third kappa shape index (κ3) is 2.82. The molecule has 7 heteroatoms. The van der Waals surface area contributed by atoms with E-state index >= 15 is 0 Å². The van der Waals surface area contributed by atoms with Crippen molar-refractivity contribution in [1.82, 2.24) is 9.55 Å². The first-order valence-corrected chi connectivity index (χ1v) is 5.65. The van der Waals surface area contributed by atoms with Crippen molar-refractivity contribution in [2.45, 2.75) is 13.5 Å². The summed E-state index contributed by atoms with van der Waals surface area (Å²) < 4.78 is 10.9. The zero-order valence-corrected chi connectivity index (χ0v) is 10.2. The number of aromatic nitrogens is 2. The maximum atomic E-state index is 11.7. The normalized spacial score (nSPS) is 10.4. The monoisotopic (exact) mass is 264 g/mol. The molecule has 0 amide bonds. The van der Waals surface area contributed by atoms with E-state index in [1.165, 1.54) is 12.5 Å². The number of hydrogen-bond acceptors (Lipinski definition) is 5. The number of nitrogens with zero attached hydrogens (tertiary/aromatic N) is 1. The summed E-state index contributed by atoms with van der Waals surface area (Å²) in [7, 11) is 0. The van der Waals surface area contributed by atoms with Crippen molar-refractivity contribution in [3.63, 3.8) is 0 Å². The molecule has 0 unspecified atom stereocenters. The highest BCUT2D eigenvalue weighted by Gasteiger charge is 2.11. The number of hydrogen-bond donors (Lipinski definition) is 1. The second-order valence-corrected chi connectivity index (χ2v) is 3.71. The number of rotatable bonds is 4. The van der Waals surface area contributed by atoms with Crippen molar-refractivity contribution < 1.29 is 13.9 Å². The van der Waals surface area contributed by atoms with Gasteiger partial charge in [0.15, 0.2) is 0 Å². The van der Waals surface area contributed by atoms with E-state index in [2.05, 4.69) is 4.98 Å². The van der Waals surface area contributed by atoms with Crippen LogP contribution in [0, 0.1) is 0 Å². The minimum atomic E-state index is -0.673. The van der Waals surface area contributed by atoms with Crippen LogP contribution >= 0.6 is 0 Å². The van der Waals surface area contributed by atoms with Gasteiger partial charge < -0.3 is 9.15 Å². The van der Waals surface area contributed by atoms with Crippen LogP contribution in [0.4, 0.5) is 0 Å². The largest absolute Gasteiger partial charge is 0.465 e. The van der Waals surface area contributed by atoms with Gasteiger partial charge in [-0.2, -0.15) is 0 Å². The number of ether oxygens (including phenoxy) is 1. The molecule has 0 aliphatic heterocycles. The summed E-state index contributed by atoms with van der Waals surface area (Å²) in [6.45, 7) is 1.63. The molecule has 0 atom stereocenters. The van der Waals surface area contributed by atoms with E-state index in [0.717, 1.165) is 4.57 Å². The van der Waals surface area contributed by atoms with Crippen molar-refractivity contribution in [2.75, 3.05) is 6.61 Å². The van der Waals surface area contributed by atoms with Crippen molar-refractivity contribution in [3.8, 4) is 11.3 Å². The SMILES string of the molecule is CCOC(=O)Cn1cc(-c2ccco2)c(=O)[nH]c1=O. The molecular formula is C12H12N2O5. The lowest BCUT2D eigenvalue weighted by Crippen LogP contribution is -2.32. The van der Waals surface area contributed by atoms with Crippen LogP contribution in [0.1, 0.15) is 6.92 Å². The van der Waals surface area contributed by atoms with Gasteiger partial charge in [-0.25, -0.2) is 4.79 Å². The van der Waals surface area contributed by atoms with Crippen LogP contribution in [-0.4, -0.2) is 22.1 Å². The van der Waals surface area contributed by atoms with Gasteiger partial charge >= 0.3 is 11.7 Å². The highest BCUT2D eigenvalue weighted by Crippen LogP contribution is 2.13. The molecule has 0 aliphatic rings. The van der Waals surface area contributed by atoms with Gasteiger partial charge in [-0.05, 0) is 19.1 Å². The molecule has 7 nitrogen and oxygen atoms in total. The minimum Gasteiger partial charge on any atom is -0.465 e. The average Bonchev–Trinajstić information content (AvgIpc) is 2.86. The Morgan fingerprint density at radius 2 is 2.26 bits per heavy atom. The van der Waals surface area contributed by atoms with Gasteiger partial charge in [-0.3, -0.25) is 19.1 Å². The molecule has 2 aromatic heterocycles. The smallest absolute Gasteiger partial charge is 0.328 e. The van der Waals surface area contributed by atoms with Gasteiger partial charge in [0.1, 0.15) is 12.3 Å². The molecule has 19 heavy (non-hydrogen) atoms. The van der Waals surface area contributed by atoms with Crippen molar-refractivity contribution in [1.29, 1.82) is 0 Å². The van der Waals surface area contributed by atoms with E-state index in [1.54, 1.807) is 19.1 Å². The highest BCUT2D eigenvalue weighted by atomic mass is 16.5. The Morgan fingerprint density at radius 1 is 1.47 bits per heavy atom. The Balaban J connectivity index is 2.40. The molecule has 2 heterocycles. The van der Waals surface area contributed by atoms with E-state index in [9.17, 15) is 14.4 Å². The van der Waals surface area contributed by atoms with E-state index in [1.807, 2.05) is 0 Å². The third-order valence-corrected chi connectivity index (χ3v) is 2.40. The van der Waals surface area contributed by atoms with Crippen LogP contribution in [0.2, 0.25) is 0 Å². The van der Waals surface area contributed by atoms with Crippen molar-refractivity contribution in [3.05, 3.63) is 45.4 Å². The van der Waals surface area contributed by atoms with Gasteiger partial charge in [0.05, 0.1) is 18.4 Å². The summed E-state index contributed by atoms with van der Waals surface area (Å²) >= 11 is 0. The first kappa shape index (κ1) is 12.9.